The summed E-state index contributed by atoms with van der Waals surface area (Å²) >= 11 is 0. The van der Waals surface area contributed by atoms with Crippen molar-refractivity contribution in [3.63, 3.8) is 0 Å². The van der Waals surface area contributed by atoms with Gasteiger partial charge in [-0.15, -0.1) is 0 Å². The number of hydrogen-bond donors (Lipinski definition) is 0. The van der Waals surface area contributed by atoms with Crippen LogP contribution in [0.3, 0.4) is 0 Å². The zero-order valence-corrected chi connectivity index (χ0v) is 19.8. The average Bonchev–Trinajstić information content (AvgIpc) is 3.31. The van der Waals surface area contributed by atoms with Gasteiger partial charge in [0.2, 0.25) is 0 Å². The van der Waals surface area contributed by atoms with Crippen LogP contribution in [-0.2, 0) is 9.31 Å². The molecule has 2 aromatic heterocycles. The van der Waals surface area contributed by atoms with Gasteiger partial charge in [-0.1, -0.05) is 54.6 Å². The number of nitrogens with zero attached hydrogens (tertiary/aromatic N) is 1. The minimum Gasteiger partial charge on any atom is -0.454 e. The van der Waals surface area contributed by atoms with Crippen LogP contribution in [0, 0.1) is 0 Å². The molecule has 1 aliphatic heterocycles. The summed E-state index contributed by atoms with van der Waals surface area (Å²) in [4.78, 5) is 4.95. The molecule has 0 saturated carbocycles. The Labute approximate surface area is 199 Å². The summed E-state index contributed by atoms with van der Waals surface area (Å²) in [6.07, 6.45) is 0. The number of pyridine rings is 1. The molecule has 0 amide bonds. The Kier molecular flexibility index (Phi) is 4.70. The van der Waals surface area contributed by atoms with Crippen LogP contribution >= 0.6 is 0 Å². The lowest BCUT2D eigenvalue weighted by Crippen LogP contribution is -2.41. The SMILES string of the molecule is CC1(C)OB(c2cccc(-c3cccc(-c4ccc5oc6ccccc6c5n4)c3)c2)OC1(C)C. The number of hydrogen-bond acceptors (Lipinski definition) is 4. The highest BCUT2D eigenvalue weighted by Gasteiger charge is 2.51. The summed E-state index contributed by atoms with van der Waals surface area (Å²) in [6.45, 7) is 8.31. The minimum atomic E-state index is -0.383. The maximum Gasteiger partial charge on any atom is 0.494 e. The van der Waals surface area contributed by atoms with Crippen molar-refractivity contribution in [3.8, 4) is 22.4 Å². The van der Waals surface area contributed by atoms with E-state index in [0.717, 1.165) is 49.9 Å². The molecule has 5 heteroatoms. The van der Waals surface area contributed by atoms with Gasteiger partial charge in [-0.2, -0.15) is 0 Å². The average molecular weight is 447 g/mol. The van der Waals surface area contributed by atoms with Crippen molar-refractivity contribution in [2.75, 3.05) is 0 Å². The van der Waals surface area contributed by atoms with E-state index < -0.39 is 0 Å². The molecule has 34 heavy (non-hydrogen) atoms. The van der Waals surface area contributed by atoms with Crippen LogP contribution in [0.15, 0.2) is 89.3 Å². The van der Waals surface area contributed by atoms with Gasteiger partial charge >= 0.3 is 7.12 Å². The maximum absolute atomic E-state index is 6.26. The Bertz CT molecular complexity index is 1520. The highest BCUT2D eigenvalue weighted by atomic mass is 16.7. The van der Waals surface area contributed by atoms with Crippen LogP contribution in [0.1, 0.15) is 27.7 Å². The fraction of sp³-hybridized carbons (Fsp3) is 0.207. The highest BCUT2D eigenvalue weighted by Crippen LogP contribution is 2.37. The standard InChI is InChI=1S/C29H26BNO3/c1-28(2)29(3,4)34-30(33-28)22-12-8-10-20(18-22)19-9-7-11-21(17-19)24-15-16-26-27(31-24)23-13-5-6-14-25(23)32-26/h5-18H,1-4H3. The first kappa shape index (κ1) is 21.1. The molecule has 1 fully saturated rings. The molecule has 0 N–H and O–H groups in total. The van der Waals surface area contributed by atoms with Crippen molar-refractivity contribution in [3.05, 3.63) is 84.9 Å². The Morgan fingerprint density at radius 1 is 0.647 bits per heavy atom. The maximum atomic E-state index is 6.26. The molecule has 1 saturated heterocycles. The molecule has 0 unspecified atom stereocenters. The Morgan fingerprint density at radius 2 is 1.32 bits per heavy atom. The Morgan fingerprint density at radius 3 is 2.12 bits per heavy atom. The smallest absolute Gasteiger partial charge is 0.454 e. The van der Waals surface area contributed by atoms with Gasteiger partial charge in [0.25, 0.3) is 0 Å². The summed E-state index contributed by atoms with van der Waals surface area (Å²) in [6, 6.07) is 28.9. The molecule has 3 aromatic carbocycles. The fourth-order valence-electron chi connectivity index (χ4n) is 4.45. The number of aromatic nitrogens is 1. The fourth-order valence-corrected chi connectivity index (χ4v) is 4.45. The first-order valence-electron chi connectivity index (χ1n) is 11.7. The molecule has 0 aliphatic carbocycles. The number of fused-ring (bicyclic) bond motifs is 3. The zero-order valence-electron chi connectivity index (χ0n) is 19.8. The molecule has 168 valence electrons. The third kappa shape index (κ3) is 3.44. The summed E-state index contributed by atoms with van der Waals surface area (Å²) in [5.41, 5.74) is 7.05. The second-order valence-electron chi connectivity index (χ2n) is 9.94. The first-order valence-corrected chi connectivity index (χ1v) is 11.7. The molecule has 0 radical (unpaired) electrons. The topological polar surface area (TPSA) is 44.5 Å². The third-order valence-corrected chi connectivity index (χ3v) is 7.12. The van der Waals surface area contributed by atoms with Gasteiger partial charge in [-0.3, -0.25) is 0 Å². The van der Waals surface area contributed by atoms with Gasteiger partial charge in [0.15, 0.2) is 5.58 Å². The molecule has 0 spiro atoms. The summed E-state index contributed by atoms with van der Waals surface area (Å²) < 4.78 is 18.5. The second kappa shape index (κ2) is 7.56. The van der Waals surface area contributed by atoms with Crippen molar-refractivity contribution in [2.45, 2.75) is 38.9 Å². The molecule has 5 aromatic rings. The highest BCUT2D eigenvalue weighted by molar-refractivity contribution is 6.62. The number of furan rings is 1. The number of rotatable bonds is 3. The van der Waals surface area contributed by atoms with E-state index in [9.17, 15) is 0 Å². The van der Waals surface area contributed by atoms with E-state index >= 15 is 0 Å². The number of benzene rings is 3. The van der Waals surface area contributed by atoms with E-state index in [-0.39, 0.29) is 18.3 Å². The van der Waals surface area contributed by atoms with Gasteiger partial charge in [0, 0.05) is 10.9 Å². The molecule has 3 heterocycles. The largest absolute Gasteiger partial charge is 0.494 e. The van der Waals surface area contributed by atoms with Crippen LogP contribution in [0.4, 0.5) is 0 Å². The van der Waals surface area contributed by atoms with Crippen molar-refractivity contribution < 1.29 is 13.7 Å². The van der Waals surface area contributed by atoms with Gasteiger partial charge in [0.1, 0.15) is 11.1 Å². The third-order valence-electron chi connectivity index (χ3n) is 7.12. The summed E-state index contributed by atoms with van der Waals surface area (Å²) in [7, 11) is -0.383. The van der Waals surface area contributed by atoms with Crippen LogP contribution in [0.2, 0.25) is 0 Å². The van der Waals surface area contributed by atoms with E-state index in [1.807, 2.05) is 30.3 Å². The monoisotopic (exact) mass is 447 g/mol. The zero-order chi connectivity index (χ0) is 23.5. The molecular weight excluding hydrogens is 421 g/mol. The minimum absolute atomic E-state index is 0.366. The summed E-state index contributed by atoms with van der Waals surface area (Å²) in [5, 5.41) is 1.03. The molecule has 1 aliphatic rings. The quantitative estimate of drug-likeness (QED) is 0.292. The first-order chi connectivity index (χ1) is 16.3. The molecule has 4 nitrogen and oxygen atoms in total. The normalized spacial score (nSPS) is 17.0. The molecular formula is C29H26BNO3. The van der Waals surface area contributed by atoms with Crippen molar-refractivity contribution >= 4 is 34.7 Å². The lowest BCUT2D eigenvalue weighted by atomic mass is 9.78. The number of para-hydroxylation sites is 1. The van der Waals surface area contributed by atoms with Crippen LogP contribution in [0.5, 0.6) is 0 Å². The van der Waals surface area contributed by atoms with E-state index in [1.54, 1.807) is 0 Å². The van der Waals surface area contributed by atoms with Crippen molar-refractivity contribution in [1.82, 2.24) is 4.98 Å². The second-order valence-corrected chi connectivity index (χ2v) is 9.94. The van der Waals surface area contributed by atoms with E-state index in [2.05, 4.69) is 82.3 Å². The van der Waals surface area contributed by atoms with E-state index in [4.69, 9.17) is 18.7 Å². The van der Waals surface area contributed by atoms with Crippen LogP contribution < -0.4 is 5.46 Å². The van der Waals surface area contributed by atoms with Crippen molar-refractivity contribution in [2.24, 2.45) is 0 Å². The van der Waals surface area contributed by atoms with Gasteiger partial charge in [-0.05, 0) is 74.6 Å². The van der Waals surface area contributed by atoms with Gasteiger partial charge in [-0.25, -0.2) is 4.98 Å². The lowest BCUT2D eigenvalue weighted by molar-refractivity contribution is 0.00578. The predicted molar refractivity (Wildman–Crippen MR) is 138 cm³/mol. The Balaban J connectivity index is 1.36. The van der Waals surface area contributed by atoms with Gasteiger partial charge in [0.05, 0.1) is 16.9 Å². The van der Waals surface area contributed by atoms with E-state index in [0.29, 0.717) is 0 Å². The van der Waals surface area contributed by atoms with Gasteiger partial charge < -0.3 is 13.7 Å². The van der Waals surface area contributed by atoms with Crippen molar-refractivity contribution in [1.29, 1.82) is 0 Å². The van der Waals surface area contributed by atoms with Crippen LogP contribution in [0.25, 0.3) is 44.5 Å². The molecule has 0 atom stereocenters. The molecule has 6 rings (SSSR count). The summed E-state index contributed by atoms with van der Waals surface area (Å²) in [5.74, 6) is 0. The Hall–Kier alpha value is -3.41. The molecule has 0 bridgehead atoms. The van der Waals surface area contributed by atoms with Crippen LogP contribution in [-0.4, -0.2) is 23.3 Å². The van der Waals surface area contributed by atoms with E-state index in [1.165, 1.54) is 0 Å². The lowest BCUT2D eigenvalue weighted by Gasteiger charge is -2.32. The predicted octanol–water partition coefficient (Wildman–Crippen LogP) is 6.61.